The third-order valence-corrected chi connectivity index (χ3v) is 6.67. The average Bonchev–Trinajstić information content (AvgIpc) is 3.01. The number of alkyl halides is 3. The number of amides is 1. The quantitative estimate of drug-likeness (QED) is 0.699. The molecule has 1 amide bonds. The van der Waals surface area contributed by atoms with Crippen molar-refractivity contribution in [2.45, 2.75) is 56.4 Å². The van der Waals surface area contributed by atoms with Crippen LogP contribution in [0.25, 0.3) is 0 Å². The lowest BCUT2D eigenvalue weighted by molar-refractivity contribution is -0.153. The summed E-state index contributed by atoms with van der Waals surface area (Å²) in [6, 6.07) is 6.11. The van der Waals surface area contributed by atoms with Crippen molar-refractivity contribution in [3.05, 3.63) is 24.3 Å². The monoisotopic (exact) mass is 443 g/mol. The molecule has 3 aliphatic rings. The summed E-state index contributed by atoms with van der Waals surface area (Å²) in [6.45, 7) is 0.708. The Hall–Kier alpha value is -1.84. The third kappa shape index (κ3) is 5.15. The second-order valence-corrected chi connectivity index (χ2v) is 8.91. The maximum Gasteiger partial charge on any atom is 0.422 e. The molecule has 1 unspecified atom stereocenters. The van der Waals surface area contributed by atoms with Gasteiger partial charge in [0.25, 0.3) is 0 Å². The summed E-state index contributed by atoms with van der Waals surface area (Å²) in [5, 5.41) is 10.8. The molecule has 31 heavy (non-hydrogen) atoms. The van der Waals surface area contributed by atoms with E-state index in [9.17, 15) is 23.1 Å². The molecule has 9 heteroatoms. The second-order valence-electron chi connectivity index (χ2n) is 8.91. The van der Waals surface area contributed by atoms with Crippen LogP contribution in [0.5, 0.6) is 5.75 Å². The Morgan fingerprint density at radius 1 is 1.13 bits per heavy atom. The molecule has 0 bridgehead atoms. The summed E-state index contributed by atoms with van der Waals surface area (Å²) in [4.78, 5) is 14.9. The Kier molecular flexibility index (Phi) is 6.20. The van der Waals surface area contributed by atoms with Crippen molar-refractivity contribution >= 4 is 11.6 Å². The number of hydrogen-bond acceptors (Lipinski definition) is 5. The zero-order chi connectivity index (χ0) is 22.1. The average molecular weight is 443 g/mol. The number of ether oxygens (including phenoxy) is 3. The molecular formula is C22H28F3NO5. The van der Waals surface area contributed by atoms with Crippen LogP contribution in [-0.4, -0.2) is 61.9 Å². The molecule has 1 N–H and O–H groups in total. The van der Waals surface area contributed by atoms with Gasteiger partial charge < -0.3 is 24.2 Å². The minimum Gasteiger partial charge on any atom is -0.484 e. The zero-order valence-corrected chi connectivity index (χ0v) is 17.3. The highest BCUT2D eigenvalue weighted by Gasteiger charge is 2.51. The zero-order valence-electron chi connectivity index (χ0n) is 17.3. The van der Waals surface area contributed by atoms with Crippen LogP contribution >= 0.6 is 0 Å². The summed E-state index contributed by atoms with van der Waals surface area (Å²) in [6.07, 6.45) is -0.385. The van der Waals surface area contributed by atoms with E-state index in [2.05, 4.69) is 0 Å². The lowest BCUT2D eigenvalue weighted by Gasteiger charge is -2.41. The second kappa shape index (κ2) is 8.60. The summed E-state index contributed by atoms with van der Waals surface area (Å²) in [7, 11) is 0. The van der Waals surface area contributed by atoms with Crippen molar-refractivity contribution in [3.63, 3.8) is 0 Å². The van der Waals surface area contributed by atoms with Crippen molar-refractivity contribution in [1.82, 2.24) is 0 Å². The van der Waals surface area contributed by atoms with E-state index in [1.54, 1.807) is 17.0 Å². The van der Waals surface area contributed by atoms with Crippen LogP contribution in [0, 0.1) is 5.41 Å². The first-order chi connectivity index (χ1) is 14.7. The van der Waals surface area contributed by atoms with Gasteiger partial charge in [0, 0.05) is 18.8 Å². The Bertz CT molecular complexity index is 770. The number of nitrogens with zero attached hydrogens (tertiary/aromatic N) is 1. The molecule has 2 aliphatic heterocycles. The fourth-order valence-electron chi connectivity index (χ4n) is 4.55. The minimum absolute atomic E-state index is 0.0160. The molecule has 1 aromatic carbocycles. The standard InChI is InChI=1S/C22H28F3NO5/c23-22(24,25)15-31-17-3-1-16(2-4-17)26-11-10-20(19(26)27)6-8-21(28,9-7-20)14-29-13-18-5-12-30-18/h1-4,18,28H,5-15H2/t18?,20-,21+. The van der Waals surface area contributed by atoms with Gasteiger partial charge in [0.15, 0.2) is 6.61 Å². The van der Waals surface area contributed by atoms with Crippen LogP contribution < -0.4 is 9.64 Å². The third-order valence-electron chi connectivity index (χ3n) is 6.67. The first-order valence-electron chi connectivity index (χ1n) is 10.7. The maximum atomic E-state index is 13.2. The van der Waals surface area contributed by atoms with Crippen LogP contribution in [0.1, 0.15) is 38.5 Å². The molecule has 1 spiro atoms. The number of carbonyl (C=O) groups is 1. The molecule has 6 nitrogen and oxygen atoms in total. The van der Waals surface area contributed by atoms with Crippen molar-refractivity contribution < 1.29 is 37.3 Å². The highest BCUT2D eigenvalue weighted by molar-refractivity contribution is 6.00. The number of rotatable bonds is 7. The SMILES string of the molecule is O=C1N(c2ccc(OCC(F)(F)F)cc2)CC[C@]12CC[C@@](O)(COCC1CCO1)CC2. The van der Waals surface area contributed by atoms with Crippen LogP contribution in [0.15, 0.2) is 24.3 Å². The lowest BCUT2D eigenvalue weighted by atomic mass is 9.68. The molecule has 3 fully saturated rings. The molecule has 1 aromatic rings. The fraction of sp³-hybridized carbons (Fsp3) is 0.682. The Morgan fingerprint density at radius 2 is 1.81 bits per heavy atom. The van der Waals surface area contributed by atoms with Crippen LogP contribution in [-0.2, 0) is 14.3 Å². The molecule has 0 radical (unpaired) electrons. The molecule has 172 valence electrons. The molecule has 0 aromatic heterocycles. The van der Waals surface area contributed by atoms with E-state index in [0.717, 1.165) is 13.0 Å². The molecular weight excluding hydrogens is 415 g/mol. The fourth-order valence-corrected chi connectivity index (χ4v) is 4.55. The van der Waals surface area contributed by atoms with Crippen molar-refractivity contribution in [1.29, 1.82) is 0 Å². The molecule has 1 saturated carbocycles. The van der Waals surface area contributed by atoms with E-state index in [1.807, 2.05) is 0 Å². The van der Waals surface area contributed by atoms with Crippen molar-refractivity contribution in [2.24, 2.45) is 5.41 Å². The Morgan fingerprint density at radius 3 is 2.39 bits per heavy atom. The topological polar surface area (TPSA) is 68.2 Å². The molecule has 2 saturated heterocycles. The van der Waals surface area contributed by atoms with Crippen molar-refractivity contribution in [2.75, 3.05) is 37.9 Å². The first-order valence-corrected chi connectivity index (χ1v) is 10.7. The van der Waals surface area contributed by atoms with Gasteiger partial charge in [0.2, 0.25) is 5.91 Å². The number of halogens is 3. The smallest absolute Gasteiger partial charge is 0.422 e. The number of hydrogen-bond donors (Lipinski definition) is 1. The van der Waals surface area contributed by atoms with Crippen LogP contribution in [0.4, 0.5) is 18.9 Å². The normalized spacial score (nSPS) is 31.2. The summed E-state index contributed by atoms with van der Waals surface area (Å²) >= 11 is 0. The maximum absolute atomic E-state index is 13.2. The largest absolute Gasteiger partial charge is 0.484 e. The highest BCUT2D eigenvalue weighted by Crippen LogP contribution is 2.48. The van der Waals surface area contributed by atoms with E-state index < -0.39 is 23.8 Å². The van der Waals surface area contributed by atoms with Gasteiger partial charge in [0.05, 0.1) is 30.3 Å². The highest BCUT2D eigenvalue weighted by atomic mass is 19.4. The van der Waals surface area contributed by atoms with Gasteiger partial charge in [-0.3, -0.25) is 4.79 Å². The Labute approximate surface area is 179 Å². The predicted molar refractivity (Wildman–Crippen MR) is 106 cm³/mol. The van der Waals surface area contributed by atoms with Gasteiger partial charge in [-0.1, -0.05) is 0 Å². The number of aliphatic hydroxyl groups is 1. The lowest BCUT2D eigenvalue weighted by Crippen LogP contribution is -2.46. The van der Waals surface area contributed by atoms with Gasteiger partial charge >= 0.3 is 6.18 Å². The minimum atomic E-state index is -4.39. The van der Waals surface area contributed by atoms with Crippen LogP contribution in [0.3, 0.4) is 0 Å². The molecule has 2 heterocycles. The Balaban J connectivity index is 1.30. The van der Waals surface area contributed by atoms with E-state index in [-0.39, 0.29) is 24.4 Å². The van der Waals surface area contributed by atoms with E-state index in [0.29, 0.717) is 50.9 Å². The number of carbonyl (C=O) groups excluding carboxylic acids is 1. The molecule has 1 atom stereocenters. The predicted octanol–water partition coefficient (Wildman–Crippen LogP) is 3.46. The van der Waals surface area contributed by atoms with Gasteiger partial charge in [-0.25, -0.2) is 0 Å². The van der Waals surface area contributed by atoms with Gasteiger partial charge in [0.1, 0.15) is 5.75 Å². The van der Waals surface area contributed by atoms with E-state index in [4.69, 9.17) is 14.2 Å². The number of anilines is 1. The first kappa shape index (κ1) is 22.4. The van der Waals surface area contributed by atoms with E-state index >= 15 is 0 Å². The van der Waals surface area contributed by atoms with Gasteiger partial charge in [-0.05, 0) is 62.8 Å². The van der Waals surface area contributed by atoms with Gasteiger partial charge in [-0.15, -0.1) is 0 Å². The van der Waals surface area contributed by atoms with E-state index in [1.165, 1.54) is 12.1 Å². The molecule has 1 aliphatic carbocycles. The number of benzene rings is 1. The van der Waals surface area contributed by atoms with Gasteiger partial charge in [-0.2, -0.15) is 13.2 Å². The summed E-state index contributed by atoms with van der Waals surface area (Å²) in [5.74, 6) is 0.125. The van der Waals surface area contributed by atoms with Crippen LogP contribution in [0.2, 0.25) is 0 Å². The molecule has 4 rings (SSSR count). The van der Waals surface area contributed by atoms with Crippen molar-refractivity contribution in [3.8, 4) is 5.75 Å². The summed E-state index contributed by atoms with van der Waals surface area (Å²) in [5.41, 5.74) is -0.763. The summed E-state index contributed by atoms with van der Waals surface area (Å²) < 4.78 is 52.6.